The minimum Gasteiger partial charge on any atom is -0.493 e. The second kappa shape index (κ2) is 7.46. The molecular formula is C21H17N3O3S2. The third-order valence-electron chi connectivity index (χ3n) is 4.96. The smallest absolute Gasteiger partial charge is 0.263 e. The van der Waals surface area contributed by atoms with E-state index in [9.17, 15) is 9.59 Å². The summed E-state index contributed by atoms with van der Waals surface area (Å²) >= 11 is 3.02. The molecule has 29 heavy (non-hydrogen) atoms. The van der Waals surface area contributed by atoms with Crippen LogP contribution in [0.3, 0.4) is 0 Å². The molecule has 0 saturated carbocycles. The third-order valence-corrected chi connectivity index (χ3v) is 6.74. The molecule has 1 aliphatic rings. The number of thiophene rings is 2. The second-order valence-corrected chi connectivity index (χ2v) is 8.59. The fraction of sp³-hybridized carbons (Fsp3) is 0.190. The molecular weight excluding hydrogens is 406 g/mol. The number of nitrogens with one attached hydrogen (secondary N) is 1. The summed E-state index contributed by atoms with van der Waals surface area (Å²) in [4.78, 5) is 31.9. The van der Waals surface area contributed by atoms with Gasteiger partial charge in [0.1, 0.15) is 17.1 Å². The number of hydrogen-bond donors (Lipinski definition) is 1. The standard InChI is InChI=1S/C21H17N3O3S2/c25-18(23-15-7-8-27-16-5-2-1-4-13(15)16)10-24-12-22-20-19(21(24)26)14(11-29-20)17-6-3-9-28-17/h1-6,9,11-12,15H,7-8,10H2,(H,23,25)/t15-/m1/s1. The van der Waals surface area contributed by atoms with Gasteiger partial charge in [0, 0.05) is 27.8 Å². The Bertz CT molecular complexity index is 1240. The van der Waals surface area contributed by atoms with E-state index in [0.717, 1.165) is 21.8 Å². The van der Waals surface area contributed by atoms with Gasteiger partial charge in [0.15, 0.2) is 0 Å². The lowest BCUT2D eigenvalue weighted by molar-refractivity contribution is -0.122. The summed E-state index contributed by atoms with van der Waals surface area (Å²) in [5.41, 5.74) is 1.65. The number of amides is 1. The van der Waals surface area contributed by atoms with Crippen molar-refractivity contribution in [3.05, 3.63) is 69.4 Å². The molecule has 1 aliphatic heterocycles. The van der Waals surface area contributed by atoms with E-state index in [2.05, 4.69) is 10.3 Å². The van der Waals surface area contributed by atoms with Crippen molar-refractivity contribution >= 4 is 38.8 Å². The number of rotatable bonds is 4. The van der Waals surface area contributed by atoms with Crippen LogP contribution >= 0.6 is 22.7 Å². The van der Waals surface area contributed by atoms with Gasteiger partial charge >= 0.3 is 0 Å². The van der Waals surface area contributed by atoms with Gasteiger partial charge in [-0.2, -0.15) is 0 Å². The molecule has 1 amide bonds. The van der Waals surface area contributed by atoms with Crippen LogP contribution in [0.15, 0.2) is 58.3 Å². The number of aromatic nitrogens is 2. The molecule has 4 aromatic rings. The predicted octanol–water partition coefficient (Wildman–Crippen LogP) is 3.83. The van der Waals surface area contributed by atoms with Gasteiger partial charge in [-0.25, -0.2) is 4.98 Å². The van der Waals surface area contributed by atoms with Crippen molar-refractivity contribution in [1.82, 2.24) is 14.9 Å². The Labute approximate surface area is 174 Å². The monoisotopic (exact) mass is 423 g/mol. The minimum absolute atomic E-state index is 0.0684. The number of ether oxygens (including phenoxy) is 1. The summed E-state index contributed by atoms with van der Waals surface area (Å²) in [6, 6.07) is 11.5. The zero-order chi connectivity index (χ0) is 19.8. The zero-order valence-corrected chi connectivity index (χ0v) is 17.0. The number of fused-ring (bicyclic) bond motifs is 2. The SMILES string of the molecule is O=C(Cn1cnc2scc(-c3cccs3)c2c1=O)N[C@@H]1CCOc2ccccc21. The van der Waals surface area contributed by atoms with Gasteiger partial charge in [0.05, 0.1) is 24.4 Å². The highest BCUT2D eigenvalue weighted by atomic mass is 32.1. The van der Waals surface area contributed by atoms with Gasteiger partial charge in [-0.3, -0.25) is 14.2 Å². The molecule has 0 spiro atoms. The third kappa shape index (κ3) is 3.34. The summed E-state index contributed by atoms with van der Waals surface area (Å²) in [5.74, 6) is 0.575. The molecule has 0 bridgehead atoms. The lowest BCUT2D eigenvalue weighted by Crippen LogP contribution is -2.36. The Hall–Kier alpha value is -2.97. The van der Waals surface area contributed by atoms with Crippen molar-refractivity contribution in [2.45, 2.75) is 19.0 Å². The number of hydrogen-bond acceptors (Lipinski definition) is 6. The van der Waals surface area contributed by atoms with Crippen LogP contribution in [0.4, 0.5) is 0 Å². The lowest BCUT2D eigenvalue weighted by Gasteiger charge is -2.26. The first-order chi connectivity index (χ1) is 14.2. The van der Waals surface area contributed by atoms with Crippen LogP contribution in [0.1, 0.15) is 18.0 Å². The Balaban J connectivity index is 1.41. The van der Waals surface area contributed by atoms with E-state index in [-0.39, 0.29) is 24.1 Å². The van der Waals surface area contributed by atoms with E-state index in [0.29, 0.717) is 23.2 Å². The van der Waals surface area contributed by atoms with Crippen LogP contribution in [-0.2, 0) is 11.3 Å². The average Bonchev–Trinajstić information content (AvgIpc) is 3.40. The fourth-order valence-corrected chi connectivity index (χ4v) is 5.30. The molecule has 6 nitrogen and oxygen atoms in total. The number of carbonyl (C=O) groups excluding carboxylic acids is 1. The number of nitrogens with zero attached hydrogens (tertiary/aromatic N) is 2. The summed E-state index contributed by atoms with van der Waals surface area (Å²) in [5, 5.41) is 7.54. The molecule has 5 rings (SSSR count). The van der Waals surface area contributed by atoms with Crippen LogP contribution < -0.4 is 15.6 Å². The van der Waals surface area contributed by atoms with Gasteiger partial charge in [0.2, 0.25) is 5.91 Å². The Kier molecular flexibility index (Phi) is 4.65. The van der Waals surface area contributed by atoms with Crippen molar-refractivity contribution in [2.24, 2.45) is 0 Å². The first-order valence-electron chi connectivity index (χ1n) is 9.22. The van der Waals surface area contributed by atoms with Crippen molar-refractivity contribution in [1.29, 1.82) is 0 Å². The van der Waals surface area contributed by atoms with E-state index in [1.165, 1.54) is 22.2 Å². The highest BCUT2D eigenvalue weighted by molar-refractivity contribution is 7.18. The highest BCUT2D eigenvalue weighted by Crippen LogP contribution is 2.33. The van der Waals surface area contributed by atoms with Gasteiger partial charge in [-0.05, 0) is 17.5 Å². The predicted molar refractivity (Wildman–Crippen MR) is 115 cm³/mol. The molecule has 4 heterocycles. The largest absolute Gasteiger partial charge is 0.493 e. The first kappa shape index (κ1) is 18.1. The summed E-state index contributed by atoms with van der Waals surface area (Å²) in [6.45, 7) is 0.482. The molecule has 1 N–H and O–H groups in total. The Morgan fingerprint density at radius 3 is 3.00 bits per heavy atom. The minimum atomic E-state index is -0.220. The fourth-order valence-electron chi connectivity index (χ4n) is 3.58. The van der Waals surface area contributed by atoms with E-state index < -0.39 is 0 Å². The Morgan fingerprint density at radius 2 is 2.14 bits per heavy atom. The maximum Gasteiger partial charge on any atom is 0.263 e. The maximum absolute atomic E-state index is 13.1. The summed E-state index contributed by atoms with van der Waals surface area (Å²) in [7, 11) is 0. The van der Waals surface area contributed by atoms with Gasteiger partial charge in [0.25, 0.3) is 5.56 Å². The van der Waals surface area contributed by atoms with Crippen LogP contribution in [0.25, 0.3) is 20.7 Å². The molecule has 0 unspecified atom stereocenters. The molecule has 146 valence electrons. The topological polar surface area (TPSA) is 73.2 Å². The normalized spacial score (nSPS) is 15.7. The van der Waals surface area contributed by atoms with Gasteiger partial charge in [-0.1, -0.05) is 24.3 Å². The van der Waals surface area contributed by atoms with Crippen molar-refractivity contribution in [3.8, 4) is 16.2 Å². The summed E-state index contributed by atoms with van der Waals surface area (Å²) in [6.07, 6.45) is 2.15. The van der Waals surface area contributed by atoms with Crippen LogP contribution in [0.5, 0.6) is 5.75 Å². The van der Waals surface area contributed by atoms with Crippen LogP contribution in [-0.4, -0.2) is 22.1 Å². The van der Waals surface area contributed by atoms with E-state index >= 15 is 0 Å². The molecule has 1 aromatic carbocycles. The number of benzene rings is 1. The molecule has 8 heteroatoms. The van der Waals surface area contributed by atoms with Crippen molar-refractivity contribution in [3.63, 3.8) is 0 Å². The molecule has 3 aromatic heterocycles. The van der Waals surface area contributed by atoms with E-state index in [1.54, 1.807) is 11.3 Å². The van der Waals surface area contributed by atoms with Crippen LogP contribution in [0, 0.1) is 0 Å². The quantitative estimate of drug-likeness (QED) is 0.542. The van der Waals surface area contributed by atoms with Gasteiger partial charge < -0.3 is 10.1 Å². The molecule has 0 radical (unpaired) electrons. The average molecular weight is 424 g/mol. The maximum atomic E-state index is 13.1. The molecule has 0 saturated heterocycles. The lowest BCUT2D eigenvalue weighted by atomic mass is 10.0. The second-order valence-electron chi connectivity index (χ2n) is 6.78. The van der Waals surface area contributed by atoms with Gasteiger partial charge in [-0.15, -0.1) is 22.7 Å². The summed E-state index contributed by atoms with van der Waals surface area (Å²) < 4.78 is 7.03. The number of para-hydroxylation sites is 1. The zero-order valence-electron chi connectivity index (χ0n) is 15.3. The van der Waals surface area contributed by atoms with E-state index in [1.807, 2.05) is 47.2 Å². The number of carbonyl (C=O) groups is 1. The molecule has 1 atom stereocenters. The van der Waals surface area contributed by atoms with Crippen molar-refractivity contribution in [2.75, 3.05) is 6.61 Å². The van der Waals surface area contributed by atoms with Crippen molar-refractivity contribution < 1.29 is 9.53 Å². The highest BCUT2D eigenvalue weighted by Gasteiger charge is 2.23. The molecule has 0 fully saturated rings. The first-order valence-corrected chi connectivity index (χ1v) is 11.0. The van der Waals surface area contributed by atoms with Crippen LogP contribution in [0.2, 0.25) is 0 Å². The Morgan fingerprint density at radius 1 is 1.24 bits per heavy atom. The van der Waals surface area contributed by atoms with E-state index in [4.69, 9.17) is 4.74 Å². The molecule has 0 aliphatic carbocycles.